The lowest BCUT2D eigenvalue weighted by atomic mass is 10.2. The molecule has 2 rings (SSSR count). The third-order valence-electron chi connectivity index (χ3n) is 3.62. The van der Waals surface area contributed by atoms with E-state index in [-0.39, 0.29) is 0 Å². The van der Waals surface area contributed by atoms with Gasteiger partial charge < -0.3 is 15.1 Å². The van der Waals surface area contributed by atoms with Crippen molar-refractivity contribution in [1.82, 2.24) is 5.32 Å². The number of furan rings is 1. The number of primary amides is 1. The van der Waals surface area contributed by atoms with Crippen LogP contribution in [0, 0.1) is 0 Å². The number of nitrogens with two attached hydrogens (primary N) is 1. The second-order valence-electron chi connectivity index (χ2n) is 5.37. The molecule has 1 unspecified atom stereocenters. The molecule has 23 heavy (non-hydrogen) atoms. The molecule has 0 bridgehead atoms. The van der Waals surface area contributed by atoms with Gasteiger partial charge in [0.05, 0.1) is 7.05 Å². The number of urea groups is 1. The molecule has 1 aromatic heterocycles. The predicted molar refractivity (Wildman–Crippen MR) is 89.6 cm³/mol. The van der Waals surface area contributed by atoms with E-state index in [0.29, 0.717) is 6.54 Å². The Bertz CT molecular complexity index is 697. The van der Waals surface area contributed by atoms with E-state index in [2.05, 4.69) is 21.2 Å². The molecule has 0 aliphatic rings. The molecule has 2 aromatic rings. The van der Waals surface area contributed by atoms with Crippen molar-refractivity contribution >= 4 is 27.9 Å². The molecule has 0 radical (unpaired) electrons. The van der Waals surface area contributed by atoms with Crippen molar-refractivity contribution in [2.45, 2.75) is 19.5 Å². The first-order valence-electron chi connectivity index (χ1n) is 7.14. The van der Waals surface area contributed by atoms with Crippen molar-refractivity contribution < 1.29 is 18.9 Å². The van der Waals surface area contributed by atoms with Crippen LogP contribution in [0.15, 0.2) is 45.3 Å². The van der Waals surface area contributed by atoms with E-state index in [1.807, 2.05) is 43.4 Å². The Morgan fingerprint density at radius 3 is 2.52 bits per heavy atom. The van der Waals surface area contributed by atoms with Crippen LogP contribution in [0.1, 0.15) is 12.7 Å². The molecule has 0 spiro atoms. The fraction of sp³-hybridized carbons (Fsp3) is 0.250. The molecule has 122 valence electrons. The van der Waals surface area contributed by atoms with Gasteiger partial charge in [-0.2, -0.15) is 0 Å². The van der Waals surface area contributed by atoms with E-state index < -0.39 is 18.0 Å². The lowest BCUT2D eigenvalue weighted by Gasteiger charge is -2.19. The number of likely N-dealkylation sites (N-methyl/N-ethyl adjacent to an activating group) is 1. The number of hydrogen-bond acceptors (Lipinski definition) is 3. The quantitative estimate of drug-likeness (QED) is 0.730. The summed E-state index contributed by atoms with van der Waals surface area (Å²) in [5, 5.41) is 2.09. The van der Waals surface area contributed by atoms with Crippen molar-refractivity contribution in [1.29, 1.82) is 0 Å². The Morgan fingerprint density at radius 1 is 1.26 bits per heavy atom. The highest BCUT2D eigenvalue weighted by molar-refractivity contribution is 9.10. The summed E-state index contributed by atoms with van der Waals surface area (Å²) in [6.07, 6.45) is 0. The minimum atomic E-state index is -0.842. The summed E-state index contributed by atoms with van der Waals surface area (Å²) in [5.41, 5.74) is 5.94. The van der Waals surface area contributed by atoms with Gasteiger partial charge in [-0.05, 0) is 31.2 Å². The van der Waals surface area contributed by atoms with Crippen LogP contribution in [0.4, 0.5) is 4.79 Å². The maximum atomic E-state index is 11.8. The molecule has 3 amide bonds. The summed E-state index contributed by atoms with van der Waals surface area (Å²) in [4.78, 5) is 23.4. The molecule has 4 N–H and O–H groups in total. The minimum absolute atomic E-state index is 0.408. The van der Waals surface area contributed by atoms with Crippen LogP contribution in [0.2, 0.25) is 0 Å². The number of halogens is 1. The topological polar surface area (TPSA) is 89.8 Å². The van der Waals surface area contributed by atoms with Crippen molar-refractivity contribution in [3.63, 3.8) is 0 Å². The maximum Gasteiger partial charge on any atom is 0.319 e. The molecular formula is C16H19BrN3O3+. The Balaban J connectivity index is 2.02. The zero-order chi connectivity index (χ0) is 17.0. The third-order valence-corrected chi connectivity index (χ3v) is 4.15. The van der Waals surface area contributed by atoms with Gasteiger partial charge in [-0.25, -0.2) is 4.79 Å². The van der Waals surface area contributed by atoms with Gasteiger partial charge >= 0.3 is 6.03 Å². The number of quaternary nitrogens is 1. The molecule has 2 atom stereocenters. The molecule has 0 aliphatic carbocycles. The van der Waals surface area contributed by atoms with Crippen LogP contribution in [0.5, 0.6) is 0 Å². The van der Waals surface area contributed by atoms with Gasteiger partial charge in [-0.1, -0.05) is 28.1 Å². The lowest BCUT2D eigenvalue weighted by molar-refractivity contribution is -0.909. The largest absolute Gasteiger partial charge is 0.455 e. The van der Waals surface area contributed by atoms with Crippen molar-refractivity contribution in [2.24, 2.45) is 5.73 Å². The van der Waals surface area contributed by atoms with E-state index in [1.165, 1.54) is 0 Å². The van der Waals surface area contributed by atoms with E-state index in [4.69, 9.17) is 10.2 Å². The minimum Gasteiger partial charge on any atom is -0.455 e. The number of rotatable bonds is 5. The van der Waals surface area contributed by atoms with E-state index in [9.17, 15) is 9.59 Å². The number of nitrogens with one attached hydrogen (secondary N) is 2. The number of carbonyl (C=O) groups is 2. The van der Waals surface area contributed by atoms with Crippen LogP contribution in [-0.4, -0.2) is 25.0 Å². The second-order valence-corrected chi connectivity index (χ2v) is 6.29. The standard InChI is InChI=1S/C16H18BrN3O3/c1-10(15(21)19-16(18)22)20(2)9-13-7-8-14(23-13)11-3-5-12(17)6-4-11/h3-8,10H,9H2,1-2H3,(H3,18,19,21,22)/p+1/t10-/m1/s1. The van der Waals surface area contributed by atoms with Crippen molar-refractivity contribution in [3.8, 4) is 11.3 Å². The number of carbonyl (C=O) groups excluding carboxylic acids is 2. The Kier molecular flexibility index (Phi) is 5.57. The number of hydrogen-bond donors (Lipinski definition) is 3. The van der Waals surface area contributed by atoms with Gasteiger partial charge in [0.2, 0.25) is 0 Å². The zero-order valence-corrected chi connectivity index (χ0v) is 14.5. The highest BCUT2D eigenvalue weighted by atomic mass is 79.9. The first kappa shape index (κ1) is 17.2. The average molecular weight is 381 g/mol. The van der Waals surface area contributed by atoms with Crippen LogP contribution < -0.4 is 16.0 Å². The highest BCUT2D eigenvalue weighted by Crippen LogP contribution is 2.23. The maximum absolute atomic E-state index is 11.8. The molecule has 1 aromatic carbocycles. The molecule has 1 heterocycles. The van der Waals surface area contributed by atoms with Crippen LogP contribution in [0.25, 0.3) is 11.3 Å². The van der Waals surface area contributed by atoms with Crippen LogP contribution in [0.3, 0.4) is 0 Å². The van der Waals surface area contributed by atoms with Crippen molar-refractivity contribution in [3.05, 3.63) is 46.6 Å². The molecular weight excluding hydrogens is 362 g/mol. The third kappa shape index (κ3) is 4.67. The predicted octanol–water partition coefficient (Wildman–Crippen LogP) is 1.31. The monoisotopic (exact) mass is 380 g/mol. The van der Waals surface area contributed by atoms with Gasteiger partial charge in [0.1, 0.15) is 12.3 Å². The molecule has 0 aliphatic heterocycles. The summed E-state index contributed by atoms with van der Waals surface area (Å²) < 4.78 is 6.84. The van der Waals surface area contributed by atoms with Gasteiger partial charge in [-0.15, -0.1) is 0 Å². The fourth-order valence-electron chi connectivity index (χ4n) is 2.12. The fourth-order valence-corrected chi connectivity index (χ4v) is 2.39. The van der Waals surface area contributed by atoms with E-state index in [0.717, 1.165) is 26.5 Å². The molecule has 0 fully saturated rings. The van der Waals surface area contributed by atoms with Crippen LogP contribution >= 0.6 is 15.9 Å². The first-order valence-corrected chi connectivity index (χ1v) is 7.93. The summed E-state index contributed by atoms with van der Waals surface area (Å²) >= 11 is 3.40. The second kappa shape index (κ2) is 7.43. The van der Waals surface area contributed by atoms with Gasteiger partial charge in [0, 0.05) is 10.0 Å². The van der Waals surface area contributed by atoms with Gasteiger partial charge in [0.15, 0.2) is 11.8 Å². The number of imide groups is 1. The van der Waals surface area contributed by atoms with Crippen LogP contribution in [-0.2, 0) is 11.3 Å². The summed E-state index contributed by atoms with van der Waals surface area (Å²) in [6, 6.07) is 10.3. The first-order chi connectivity index (χ1) is 10.9. The zero-order valence-electron chi connectivity index (χ0n) is 12.9. The van der Waals surface area contributed by atoms with Crippen molar-refractivity contribution in [2.75, 3.05) is 7.05 Å². The van der Waals surface area contributed by atoms with Gasteiger partial charge in [-0.3, -0.25) is 10.1 Å². The molecule has 7 heteroatoms. The molecule has 0 saturated carbocycles. The number of amides is 3. The summed E-state index contributed by atoms with van der Waals surface area (Å²) in [6.45, 7) is 2.25. The average Bonchev–Trinajstić information content (AvgIpc) is 2.94. The van der Waals surface area contributed by atoms with E-state index in [1.54, 1.807) is 6.92 Å². The molecule has 0 saturated heterocycles. The summed E-state index contributed by atoms with van der Waals surface area (Å²) in [7, 11) is 1.85. The van der Waals surface area contributed by atoms with Gasteiger partial charge in [0.25, 0.3) is 5.91 Å². The normalized spacial score (nSPS) is 13.3. The Hall–Kier alpha value is -2.12. The Morgan fingerprint density at radius 2 is 1.91 bits per heavy atom. The number of benzene rings is 1. The van der Waals surface area contributed by atoms with E-state index >= 15 is 0 Å². The summed E-state index contributed by atoms with van der Waals surface area (Å²) in [5.74, 6) is 1.13. The Labute approximate surface area is 142 Å². The molecule has 6 nitrogen and oxygen atoms in total. The SMILES string of the molecule is C[C@H](C(=O)NC(N)=O)[NH+](C)Cc1ccc(-c2ccc(Br)cc2)o1. The smallest absolute Gasteiger partial charge is 0.319 e. The lowest BCUT2D eigenvalue weighted by Crippen LogP contribution is -3.12. The highest BCUT2D eigenvalue weighted by Gasteiger charge is 2.24.